The Morgan fingerprint density at radius 2 is 1.50 bits per heavy atom. The molecule has 0 bridgehead atoms. The van der Waals surface area contributed by atoms with E-state index in [0.29, 0.717) is 0 Å². The van der Waals surface area contributed by atoms with Gasteiger partial charge in [0.15, 0.2) is 0 Å². The number of aliphatic imine (C=N–C) groups is 1. The average Bonchev–Trinajstić information content (AvgIpc) is 2.29. The molecule has 3 heteroatoms. The van der Waals surface area contributed by atoms with Crippen molar-refractivity contribution in [1.82, 2.24) is 0 Å². The van der Waals surface area contributed by atoms with Crippen LogP contribution in [0.5, 0.6) is 5.75 Å². The van der Waals surface area contributed by atoms with Gasteiger partial charge in [-0.3, -0.25) is 4.99 Å². The third kappa shape index (κ3) is 3.27. The van der Waals surface area contributed by atoms with Gasteiger partial charge < -0.3 is 5.11 Å². The average molecular weight is 205 g/mol. The van der Waals surface area contributed by atoms with Gasteiger partial charge in [-0.2, -0.15) is 0 Å². The third-order valence-electron chi connectivity index (χ3n) is 2.05. The zero-order valence-corrected chi connectivity index (χ0v) is 8.17. The summed E-state index contributed by atoms with van der Waals surface area (Å²) in [6.07, 6.45) is 1.66. The summed E-state index contributed by atoms with van der Waals surface area (Å²) in [5.74, 6) is 0.247. The monoisotopic (exact) mass is 205 g/mol. The van der Waals surface area contributed by atoms with E-state index in [9.17, 15) is 5.11 Å². The minimum absolute atomic E-state index is 0. The van der Waals surface area contributed by atoms with Crippen LogP contribution in [-0.4, -0.2) is 30.2 Å². The standard InChI is InChI=1S/C13H11NO.Li.H/c15-13-9-5-4-6-11(13)10-14-12-7-2-1-3-8-12;;/h1-10,15H;;. The molecule has 0 aliphatic rings. The van der Waals surface area contributed by atoms with Gasteiger partial charge in [0.05, 0.1) is 5.69 Å². The van der Waals surface area contributed by atoms with Crippen molar-refractivity contribution in [2.45, 2.75) is 0 Å². The molecule has 0 aliphatic heterocycles. The number of nitrogens with zero attached hydrogens (tertiary/aromatic N) is 1. The molecular weight excluding hydrogens is 193 g/mol. The van der Waals surface area contributed by atoms with Gasteiger partial charge in [-0.15, -0.1) is 0 Å². The van der Waals surface area contributed by atoms with E-state index < -0.39 is 0 Å². The number of aromatic hydroxyl groups is 1. The molecule has 0 spiro atoms. The Hall–Kier alpha value is -1.49. The molecule has 1 N–H and O–H groups in total. The molecule has 0 fully saturated rings. The molecule has 0 heterocycles. The van der Waals surface area contributed by atoms with Gasteiger partial charge in [-0.1, -0.05) is 30.3 Å². The SMILES string of the molecule is Oc1ccccc1C=Nc1ccccc1.[LiH]. The quantitative estimate of drug-likeness (QED) is 0.593. The molecule has 0 saturated heterocycles. The van der Waals surface area contributed by atoms with Crippen molar-refractivity contribution in [3.63, 3.8) is 0 Å². The van der Waals surface area contributed by atoms with Gasteiger partial charge >= 0.3 is 18.9 Å². The molecule has 2 aromatic rings. The molecule has 0 unspecified atom stereocenters. The fourth-order valence-electron chi connectivity index (χ4n) is 1.25. The van der Waals surface area contributed by atoms with Gasteiger partial charge in [-0.05, 0) is 24.3 Å². The molecule has 16 heavy (non-hydrogen) atoms. The zero-order valence-electron chi connectivity index (χ0n) is 8.17. The van der Waals surface area contributed by atoms with Crippen LogP contribution in [0.1, 0.15) is 5.56 Å². The first-order valence-corrected chi connectivity index (χ1v) is 4.73. The Morgan fingerprint density at radius 1 is 0.875 bits per heavy atom. The van der Waals surface area contributed by atoms with Crippen molar-refractivity contribution in [1.29, 1.82) is 0 Å². The number of rotatable bonds is 2. The van der Waals surface area contributed by atoms with Gasteiger partial charge in [-0.25, -0.2) is 0 Å². The number of benzene rings is 2. The molecule has 2 aromatic carbocycles. The summed E-state index contributed by atoms with van der Waals surface area (Å²) in [6, 6.07) is 16.7. The third-order valence-corrected chi connectivity index (χ3v) is 2.05. The predicted molar refractivity (Wildman–Crippen MR) is 69.0 cm³/mol. The van der Waals surface area contributed by atoms with Crippen molar-refractivity contribution in [2.75, 3.05) is 0 Å². The number of hydrogen-bond donors (Lipinski definition) is 1. The first kappa shape index (κ1) is 12.6. The van der Waals surface area contributed by atoms with Gasteiger partial charge in [0, 0.05) is 11.8 Å². The van der Waals surface area contributed by atoms with Crippen LogP contribution >= 0.6 is 0 Å². The van der Waals surface area contributed by atoms with E-state index in [1.165, 1.54) is 0 Å². The second-order valence-corrected chi connectivity index (χ2v) is 3.15. The van der Waals surface area contributed by atoms with Crippen LogP contribution in [0.3, 0.4) is 0 Å². The molecule has 0 saturated carbocycles. The number of phenolic OH excluding ortho intramolecular Hbond substituents is 1. The van der Waals surface area contributed by atoms with E-state index in [2.05, 4.69) is 4.99 Å². The Morgan fingerprint density at radius 3 is 2.19 bits per heavy atom. The van der Waals surface area contributed by atoms with Crippen LogP contribution in [0.25, 0.3) is 0 Å². The van der Waals surface area contributed by atoms with Gasteiger partial charge in [0.1, 0.15) is 5.75 Å². The first-order chi connectivity index (χ1) is 7.36. The Kier molecular flexibility index (Phi) is 4.85. The minimum atomic E-state index is 0. The first-order valence-electron chi connectivity index (χ1n) is 4.73. The van der Waals surface area contributed by atoms with Crippen molar-refractivity contribution >= 4 is 30.8 Å². The summed E-state index contributed by atoms with van der Waals surface area (Å²) in [7, 11) is 0. The summed E-state index contributed by atoms with van der Waals surface area (Å²) in [6.45, 7) is 0. The van der Waals surface area contributed by atoms with Crippen molar-refractivity contribution < 1.29 is 5.11 Å². The molecule has 0 radical (unpaired) electrons. The summed E-state index contributed by atoms with van der Waals surface area (Å²) < 4.78 is 0. The topological polar surface area (TPSA) is 32.6 Å². The summed E-state index contributed by atoms with van der Waals surface area (Å²) in [4.78, 5) is 4.25. The molecule has 0 atom stereocenters. The van der Waals surface area contributed by atoms with E-state index in [-0.39, 0.29) is 24.6 Å². The van der Waals surface area contributed by atoms with Crippen molar-refractivity contribution in [3.05, 3.63) is 60.2 Å². The fourth-order valence-corrected chi connectivity index (χ4v) is 1.25. The van der Waals surface area contributed by atoms with Gasteiger partial charge in [0.2, 0.25) is 0 Å². The summed E-state index contributed by atoms with van der Waals surface area (Å²) in [5, 5.41) is 9.50. The number of phenols is 1. The van der Waals surface area contributed by atoms with E-state index >= 15 is 0 Å². The van der Waals surface area contributed by atoms with Crippen molar-refractivity contribution in [3.8, 4) is 5.75 Å². The molecule has 0 aromatic heterocycles. The van der Waals surface area contributed by atoms with E-state index in [1.54, 1.807) is 18.3 Å². The van der Waals surface area contributed by atoms with Crippen LogP contribution in [0.15, 0.2) is 59.6 Å². The molecule has 2 nitrogen and oxygen atoms in total. The Labute approximate surface area is 107 Å². The molecular formula is C13H12LiNO. The normalized spacial score (nSPS) is 10.0. The Bertz CT molecular complexity index is 468. The maximum absolute atomic E-state index is 9.50. The van der Waals surface area contributed by atoms with E-state index in [4.69, 9.17) is 0 Å². The predicted octanol–water partition coefficient (Wildman–Crippen LogP) is 2.49. The number of hydrogen-bond acceptors (Lipinski definition) is 2. The Balaban J connectivity index is 0.00000128. The van der Waals surface area contributed by atoms with Gasteiger partial charge in [0.25, 0.3) is 0 Å². The van der Waals surface area contributed by atoms with E-state index in [0.717, 1.165) is 11.3 Å². The van der Waals surface area contributed by atoms with Crippen molar-refractivity contribution in [2.24, 2.45) is 4.99 Å². The van der Waals surface area contributed by atoms with Crippen LogP contribution in [0, 0.1) is 0 Å². The fraction of sp³-hybridized carbons (Fsp3) is 0. The van der Waals surface area contributed by atoms with Crippen LogP contribution in [-0.2, 0) is 0 Å². The number of para-hydroxylation sites is 2. The van der Waals surface area contributed by atoms with E-state index in [1.807, 2.05) is 42.5 Å². The van der Waals surface area contributed by atoms with Crippen LogP contribution in [0.4, 0.5) is 5.69 Å². The maximum atomic E-state index is 9.50. The second kappa shape index (κ2) is 6.17. The van der Waals surface area contributed by atoms with Crippen LogP contribution < -0.4 is 0 Å². The second-order valence-electron chi connectivity index (χ2n) is 3.15. The molecule has 0 amide bonds. The summed E-state index contributed by atoms with van der Waals surface area (Å²) in [5.41, 5.74) is 1.60. The zero-order chi connectivity index (χ0) is 10.5. The van der Waals surface area contributed by atoms with Crippen LogP contribution in [0.2, 0.25) is 0 Å². The molecule has 0 aliphatic carbocycles. The molecule has 76 valence electrons. The summed E-state index contributed by atoms with van der Waals surface area (Å²) >= 11 is 0. The molecule has 2 rings (SSSR count).